The van der Waals surface area contributed by atoms with Crippen LogP contribution in [0.4, 0.5) is 0 Å². The van der Waals surface area contributed by atoms with E-state index in [1.165, 1.54) is 0 Å². The van der Waals surface area contributed by atoms with Crippen molar-refractivity contribution in [3.63, 3.8) is 0 Å². The average Bonchev–Trinajstić information content (AvgIpc) is 2.45. The van der Waals surface area contributed by atoms with Crippen LogP contribution in [0.15, 0.2) is 47.4 Å². The fourth-order valence-corrected chi connectivity index (χ4v) is 3.51. The lowest BCUT2D eigenvalue weighted by molar-refractivity contribution is 0.405. The Morgan fingerprint density at radius 1 is 1.20 bits per heavy atom. The highest BCUT2D eigenvalue weighted by atomic mass is 35.5. The molecule has 1 atom stereocenters. The lowest BCUT2D eigenvalue weighted by atomic mass is 10.1. The first-order valence-electron chi connectivity index (χ1n) is 6.42. The van der Waals surface area contributed by atoms with Gasteiger partial charge in [-0.15, -0.1) is 11.8 Å². The lowest BCUT2D eigenvalue weighted by Crippen LogP contribution is -2.08. The molecule has 0 bridgehead atoms. The SMILES string of the molecule is COc1cccc(SCc2ccccc2Cl)c1[C@@H](C)N. The van der Waals surface area contributed by atoms with Crippen LogP contribution in [0.5, 0.6) is 5.75 Å². The molecule has 2 aromatic carbocycles. The van der Waals surface area contributed by atoms with Crippen molar-refractivity contribution in [3.05, 3.63) is 58.6 Å². The molecule has 0 saturated heterocycles. The second kappa shape index (κ2) is 7.02. The molecule has 0 fully saturated rings. The number of benzene rings is 2. The van der Waals surface area contributed by atoms with Crippen molar-refractivity contribution in [2.24, 2.45) is 5.73 Å². The molecule has 0 heterocycles. The molecule has 0 radical (unpaired) electrons. The smallest absolute Gasteiger partial charge is 0.124 e. The lowest BCUT2D eigenvalue weighted by Gasteiger charge is -2.16. The van der Waals surface area contributed by atoms with E-state index in [9.17, 15) is 0 Å². The summed E-state index contributed by atoms with van der Waals surface area (Å²) in [5, 5.41) is 0.797. The van der Waals surface area contributed by atoms with Gasteiger partial charge in [-0.25, -0.2) is 0 Å². The molecule has 106 valence electrons. The van der Waals surface area contributed by atoms with Gasteiger partial charge in [-0.05, 0) is 30.7 Å². The number of halogens is 1. The molecule has 0 aliphatic rings. The Labute approximate surface area is 129 Å². The molecule has 0 spiro atoms. The van der Waals surface area contributed by atoms with Gasteiger partial charge in [0.25, 0.3) is 0 Å². The van der Waals surface area contributed by atoms with Crippen LogP contribution >= 0.6 is 23.4 Å². The summed E-state index contributed by atoms with van der Waals surface area (Å²) in [6, 6.07) is 13.8. The highest BCUT2D eigenvalue weighted by Gasteiger charge is 2.13. The fourth-order valence-electron chi connectivity index (χ4n) is 2.05. The summed E-state index contributed by atoms with van der Waals surface area (Å²) in [6.45, 7) is 1.97. The van der Waals surface area contributed by atoms with Gasteiger partial charge in [0.15, 0.2) is 0 Å². The summed E-state index contributed by atoms with van der Waals surface area (Å²) in [7, 11) is 1.67. The van der Waals surface area contributed by atoms with Gasteiger partial charge in [0.2, 0.25) is 0 Å². The number of thioether (sulfide) groups is 1. The first-order chi connectivity index (χ1) is 9.63. The van der Waals surface area contributed by atoms with Crippen LogP contribution < -0.4 is 10.5 Å². The number of ether oxygens (including phenoxy) is 1. The molecule has 0 unspecified atom stereocenters. The average molecular weight is 308 g/mol. The van der Waals surface area contributed by atoms with E-state index in [1.54, 1.807) is 18.9 Å². The molecule has 0 aromatic heterocycles. The maximum atomic E-state index is 6.19. The van der Waals surface area contributed by atoms with Gasteiger partial charge in [0, 0.05) is 27.3 Å². The third kappa shape index (κ3) is 3.48. The topological polar surface area (TPSA) is 35.2 Å². The second-order valence-electron chi connectivity index (χ2n) is 4.54. The molecule has 2 aromatic rings. The highest BCUT2D eigenvalue weighted by molar-refractivity contribution is 7.98. The van der Waals surface area contributed by atoms with E-state index in [1.807, 2.05) is 43.3 Å². The molecule has 0 saturated carbocycles. The Bertz CT molecular complexity index is 586. The van der Waals surface area contributed by atoms with Crippen molar-refractivity contribution >= 4 is 23.4 Å². The standard InChI is InChI=1S/C16H18ClNOS/c1-11(18)16-14(19-2)8-5-9-15(16)20-10-12-6-3-4-7-13(12)17/h3-9,11H,10,18H2,1-2H3/t11-/m1/s1. The van der Waals surface area contributed by atoms with Crippen molar-refractivity contribution in [3.8, 4) is 5.75 Å². The summed E-state index contributed by atoms with van der Waals surface area (Å²) in [5.74, 6) is 1.65. The van der Waals surface area contributed by atoms with Crippen molar-refractivity contribution in [2.45, 2.75) is 23.6 Å². The zero-order valence-electron chi connectivity index (χ0n) is 11.6. The Morgan fingerprint density at radius 3 is 2.60 bits per heavy atom. The van der Waals surface area contributed by atoms with Crippen molar-refractivity contribution in [1.29, 1.82) is 0 Å². The zero-order chi connectivity index (χ0) is 14.5. The number of rotatable bonds is 5. The van der Waals surface area contributed by atoms with Crippen molar-refractivity contribution in [1.82, 2.24) is 0 Å². The van der Waals surface area contributed by atoms with Crippen molar-refractivity contribution in [2.75, 3.05) is 7.11 Å². The van der Waals surface area contributed by atoms with E-state index >= 15 is 0 Å². The van der Waals surface area contributed by atoms with Crippen LogP contribution in [0, 0.1) is 0 Å². The van der Waals surface area contributed by atoms with Crippen LogP contribution in [0.1, 0.15) is 24.1 Å². The molecule has 2 nitrogen and oxygen atoms in total. The van der Waals surface area contributed by atoms with Gasteiger partial charge in [-0.2, -0.15) is 0 Å². The monoisotopic (exact) mass is 307 g/mol. The third-order valence-electron chi connectivity index (χ3n) is 3.04. The number of hydrogen-bond acceptors (Lipinski definition) is 3. The van der Waals surface area contributed by atoms with E-state index in [4.69, 9.17) is 22.1 Å². The van der Waals surface area contributed by atoms with Gasteiger partial charge < -0.3 is 10.5 Å². The van der Waals surface area contributed by atoms with Gasteiger partial charge in [0.1, 0.15) is 5.75 Å². The molecule has 0 aliphatic carbocycles. The van der Waals surface area contributed by atoms with Crippen LogP contribution in [-0.4, -0.2) is 7.11 Å². The minimum Gasteiger partial charge on any atom is -0.496 e. The first-order valence-corrected chi connectivity index (χ1v) is 7.78. The summed E-state index contributed by atoms with van der Waals surface area (Å²) < 4.78 is 5.40. The zero-order valence-corrected chi connectivity index (χ0v) is 13.2. The Morgan fingerprint density at radius 2 is 1.95 bits per heavy atom. The molecular formula is C16H18ClNOS. The van der Waals surface area contributed by atoms with Crippen molar-refractivity contribution < 1.29 is 4.74 Å². The minimum atomic E-state index is -0.0695. The van der Waals surface area contributed by atoms with E-state index in [0.717, 1.165) is 32.5 Å². The van der Waals surface area contributed by atoms with E-state index in [-0.39, 0.29) is 6.04 Å². The van der Waals surface area contributed by atoms with E-state index in [2.05, 4.69) is 6.07 Å². The normalized spacial score (nSPS) is 12.2. The Hall–Kier alpha value is -1.16. The van der Waals surface area contributed by atoms with E-state index < -0.39 is 0 Å². The predicted molar refractivity (Wildman–Crippen MR) is 86.6 cm³/mol. The third-order valence-corrected chi connectivity index (χ3v) is 4.53. The largest absolute Gasteiger partial charge is 0.496 e. The molecule has 2 N–H and O–H groups in total. The summed E-state index contributed by atoms with van der Waals surface area (Å²) >= 11 is 7.92. The molecule has 0 amide bonds. The van der Waals surface area contributed by atoms with E-state index in [0.29, 0.717) is 0 Å². The summed E-state index contributed by atoms with van der Waals surface area (Å²) in [4.78, 5) is 1.14. The van der Waals surface area contributed by atoms with Gasteiger partial charge in [0.05, 0.1) is 7.11 Å². The quantitative estimate of drug-likeness (QED) is 0.816. The van der Waals surface area contributed by atoms with Gasteiger partial charge >= 0.3 is 0 Å². The van der Waals surface area contributed by atoms with Crippen LogP contribution in [0.2, 0.25) is 5.02 Å². The molecule has 0 aliphatic heterocycles. The maximum Gasteiger partial charge on any atom is 0.124 e. The second-order valence-corrected chi connectivity index (χ2v) is 5.97. The number of methoxy groups -OCH3 is 1. The van der Waals surface area contributed by atoms with Gasteiger partial charge in [-0.3, -0.25) is 0 Å². The minimum absolute atomic E-state index is 0.0695. The summed E-state index contributed by atoms with van der Waals surface area (Å²) in [6.07, 6.45) is 0. The van der Waals surface area contributed by atoms with Crippen LogP contribution in [0.3, 0.4) is 0 Å². The fraction of sp³-hybridized carbons (Fsp3) is 0.250. The van der Waals surface area contributed by atoms with Gasteiger partial charge in [-0.1, -0.05) is 35.9 Å². The summed E-state index contributed by atoms with van der Waals surface area (Å²) in [5.41, 5.74) is 8.24. The molecule has 4 heteroatoms. The van der Waals surface area contributed by atoms with Crippen LogP contribution in [0.25, 0.3) is 0 Å². The maximum absolute atomic E-state index is 6.19. The number of hydrogen-bond donors (Lipinski definition) is 1. The number of nitrogens with two attached hydrogens (primary N) is 1. The molecule has 2 rings (SSSR count). The molecule has 20 heavy (non-hydrogen) atoms. The first kappa shape index (κ1) is 15.2. The Balaban J connectivity index is 2.24. The molecular weight excluding hydrogens is 290 g/mol. The van der Waals surface area contributed by atoms with Crippen LogP contribution in [-0.2, 0) is 5.75 Å². The highest BCUT2D eigenvalue weighted by Crippen LogP contribution is 2.36. The predicted octanol–water partition coefficient (Wildman–Crippen LogP) is 4.66. The Kier molecular flexibility index (Phi) is 5.35.